The van der Waals surface area contributed by atoms with Crippen LogP contribution in [0.15, 0.2) is 60.7 Å². The third-order valence-electron chi connectivity index (χ3n) is 6.36. The molecule has 0 saturated carbocycles. The summed E-state index contributed by atoms with van der Waals surface area (Å²) in [4.78, 5) is 50.3. The summed E-state index contributed by atoms with van der Waals surface area (Å²) in [6.07, 6.45) is 0.808. The molecule has 0 heterocycles. The third kappa shape index (κ3) is 18.0. The number of carbonyl (C=O) groups is 4. The van der Waals surface area contributed by atoms with E-state index in [1.165, 1.54) is 0 Å². The van der Waals surface area contributed by atoms with E-state index in [-0.39, 0.29) is 32.6 Å². The minimum absolute atomic E-state index is 0.0537. The molecule has 0 unspecified atom stereocenters. The summed E-state index contributed by atoms with van der Waals surface area (Å²) < 4.78 is 21.7. The van der Waals surface area contributed by atoms with Crippen LogP contribution >= 0.6 is 0 Å². The number of rotatable bonds is 17. The van der Waals surface area contributed by atoms with Gasteiger partial charge >= 0.3 is 24.1 Å². The number of ether oxygens (including phenoxy) is 4. The Morgan fingerprint density at radius 3 is 1.83 bits per heavy atom. The number of unbranched alkanes of at least 4 members (excludes halogenated alkanes) is 1. The van der Waals surface area contributed by atoms with E-state index in [0.717, 1.165) is 11.1 Å². The molecule has 254 valence electrons. The molecular formula is C35H51N3O8. The molecule has 0 spiro atoms. The Balaban J connectivity index is 1.92. The van der Waals surface area contributed by atoms with Crippen molar-refractivity contribution in [3.63, 3.8) is 0 Å². The van der Waals surface area contributed by atoms with Crippen LogP contribution in [0, 0.1) is 0 Å². The highest BCUT2D eigenvalue weighted by Crippen LogP contribution is 2.13. The molecule has 46 heavy (non-hydrogen) atoms. The highest BCUT2D eigenvalue weighted by molar-refractivity contribution is 5.76. The fourth-order valence-corrected chi connectivity index (χ4v) is 4.20. The maximum atomic E-state index is 13.1. The van der Waals surface area contributed by atoms with Gasteiger partial charge in [-0.3, -0.25) is 9.59 Å². The molecule has 0 radical (unpaired) electrons. The fourth-order valence-electron chi connectivity index (χ4n) is 4.20. The van der Waals surface area contributed by atoms with Gasteiger partial charge < -0.3 is 34.9 Å². The fraction of sp³-hybridized carbons (Fsp3) is 0.543. The van der Waals surface area contributed by atoms with Crippen LogP contribution in [-0.2, 0) is 41.8 Å². The van der Waals surface area contributed by atoms with E-state index >= 15 is 0 Å². The Morgan fingerprint density at radius 2 is 1.26 bits per heavy atom. The number of esters is 2. The number of benzene rings is 2. The molecular weight excluding hydrogens is 590 g/mol. The molecule has 2 atom stereocenters. The van der Waals surface area contributed by atoms with E-state index in [2.05, 4.69) is 16.0 Å². The second-order valence-electron chi connectivity index (χ2n) is 13.0. The molecule has 2 aromatic rings. The van der Waals surface area contributed by atoms with Crippen molar-refractivity contribution >= 4 is 24.1 Å². The first kappa shape index (κ1) is 38.1. The van der Waals surface area contributed by atoms with Crippen LogP contribution in [0.3, 0.4) is 0 Å². The monoisotopic (exact) mass is 641 g/mol. The first-order valence-electron chi connectivity index (χ1n) is 15.8. The number of carbonyl (C=O) groups excluding carboxylic acids is 4. The van der Waals surface area contributed by atoms with Crippen LogP contribution < -0.4 is 16.0 Å². The molecule has 3 N–H and O–H groups in total. The van der Waals surface area contributed by atoms with E-state index in [4.69, 9.17) is 18.9 Å². The van der Waals surface area contributed by atoms with Gasteiger partial charge in [-0.1, -0.05) is 60.7 Å². The normalized spacial score (nSPS) is 12.7. The lowest BCUT2D eigenvalue weighted by Gasteiger charge is -2.27. The molecule has 0 aliphatic rings. The van der Waals surface area contributed by atoms with Crippen LogP contribution in [-0.4, -0.2) is 60.5 Å². The summed E-state index contributed by atoms with van der Waals surface area (Å²) in [5.41, 5.74) is 0.364. The minimum Gasteiger partial charge on any atom is -0.461 e. The molecule has 2 rings (SSSR count). The molecule has 0 saturated heterocycles. The lowest BCUT2D eigenvalue weighted by Crippen LogP contribution is -2.49. The second-order valence-corrected chi connectivity index (χ2v) is 13.0. The summed E-state index contributed by atoms with van der Waals surface area (Å²) in [5.74, 6) is -0.834. The molecule has 0 aliphatic carbocycles. The van der Waals surface area contributed by atoms with E-state index in [0.29, 0.717) is 25.8 Å². The van der Waals surface area contributed by atoms with Crippen molar-refractivity contribution in [2.24, 2.45) is 0 Å². The lowest BCUT2D eigenvalue weighted by atomic mass is 10.1. The van der Waals surface area contributed by atoms with Crippen molar-refractivity contribution in [2.45, 2.75) is 110 Å². The second kappa shape index (κ2) is 19.4. The standard InChI is InChI=1S/C35H51N3O8/c1-34(2,3)45-31(40)29(19-13-14-22-36-32(41)44-25-27-17-11-8-12-18-27)37-23-28(38-33(42)46-35(4,5)6)20-21-30(39)43-24-26-15-9-7-10-16-26/h7-12,15-18,28-29,37H,13-14,19-25H2,1-6H3,(H,36,41)(H,38,42)/t28-,29-/m0/s1. The maximum Gasteiger partial charge on any atom is 0.407 e. The zero-order chi connectivity index (χ0) is 34.0. The van der Waals surface area contributed by atoms with Crippen molar-refractivity contribution in [1.29, 1.82) is 0 Å². The van der Waals surface area contributed by atoms with E-state index < -0.39 is 47.4 Å². The molecule has 0 fully saturated rings. The Bertz CT molecular complexity index is 1210. The number of nitrogens with one attached hydrogen (secondary N) is 3. The predicted molar refractivity (Wildman–Crippen MR) is 175 cm³/mol. The average Bonchev–Trinajstić information content (AvgIpc) is 2.98. The summed E-state index contributed by atoms with van der Waals surface area (Å²) in [6.45, 7) is 11.6. The van der Waals surface area contributed by atoms with Gasteiger partial charge in [-0.05, 0) is 78.4 Å². The van der Waals surface area contributed by atoms with Crippen LogP contribution in [0.1, 0.15) is 84.8 Å². The maximum absolute atomic E-state index is 13.1. The third-order valence-corrected chi connectivity index (χ3v) is 6.36. The van der Waals surface area contributed by atoms with Gasteiger partial charge in [0, 0.05) is 25.6 Å². The van der Waals surface area contributed by atoms with Crippen molar-refractivity contribution in [3.05, 3.63) is 71.8 Å². The lowest BCUT2D eigenvalue weighted by molar-refractivity contribution is -0.157. The van der Waals surface area contributed by atoms with Crippen LogP contribution in [0.25, 0.3) is 0 Å². The predicted octanol–water partition coefficient (Wildman–Crippen LogP) is 5.80. The van der Waals surface area contributed by atoms with Crippen molar-refractivity contribution in [3.8, 4) is 0 Å². The largest absolute Gasteiger partial charge is 0.461 e. The van der Waals surface area contributed by atoms with Gasteiger partial charge in [-0.15, -0.1) is 0 Å². The number of amides is 2. The van der Waals surface area contributed by atoms with Gasteiger partial charge in [-0.25, -0.2) is 9.59 Å². The van der Waals surface area contributed by atoms with Crippen LogP contribution in [0.5, 0.6) is 0 Å². The Hall–Kier alpha value is -4.12. The summed E-state index contributed by atoms with van der Waals surface area (Å²) in [6, 6.07) is 17.5. The van der Waals surface area contributed by atoms with E-state index in [9.17, 15) is 19.2 Å². The zero-order valence-corrected chi connectivity index (χ0v) is 28.1. The van der Waals surface area contributed by atoms with Gasteiger partial charge in [0.1, 0.15) is 30.5 Å². The topological polar surface area (TPSA) is 141 Å². The van der Waals surface area contributed by atoms with Gasteiger partial charge in [0.15, 0.2) is 0 Å². The van der Waals surface area contributed by atoms with Crippen molar-refractivity contribution in [1.82, 2.24) is 16.0 Å². The first-order valence-corrected chi connectivity index (χ1v) is 15.8. The van der Waals surface area contributed by atoms with Crippen LogP contribution in [0.2, 0.25) is 0 Å². The van der Waals surface area contributed by atoms with Crippen molar-refractivity contribution in [2.75, 3.05) is 13.1 Å². The number of hydrogen-bond donors (Lipinski definition) is 3. The molecule has 11 heteroatoms. The smallest absolute Gasteiger partial charge is 0.407 e. The Morgan fingerprint density at radius 1 is 0.696 bits per heavy atom. The van der Waals surface area contributed by atoms with E-state index in [1.54, 1.807) is 41.5 Å². The summed E-state index contributed by atoms with van der Waals surface area (Å²) in [5, 5.41) is 8.76. The average molecular weight is 642 g/mol. The Kier molecular flexibility index (Phi) is 16.1. The number of hydrogen-bond acceptors (Lipinski definition) is 9. The highest BCUT2D eigenvalue weighted by Gasteiger charge is 2.27. The van der Waals surface area contributed by atoms with Crippen molar-refractivity contribution < 1.29 is 38.1 Å². The van der Waals surface area contributed by atoms with Crippen LogP contribution in [0.4, 0.5) is 9.59 Å². The van der Waals surface area contributed by atoms with Gasteiger partial charge in [-0.2, -0.15) is 0 Å². The SMILES string of the molecule is CC(C)(C)OC(=O)N[C@@H](CCC(=O)OCc1ccccc1)CN[C@@H](CCCCNC(=O)OCc1ccccc1)C(=O)OC(C)(C)C. The number of alkyl carbamates (subject to hydrolysis) is 2. The Labute approximate surface area is 273 Å². The minimum atomic E-state index is -0.711. The summed E-state index contributed by atoms with van der Waals surface area (Å²) >= 11 is 0. The molecule has 2 amide bonds. The summed E-state index contributed by atoms with van der Waals surface area (Å²) in [7, 11) is 0. The molecule has 2 aromatic carbocycles. The van der Waals surface area contributed by atoms with Gasteiger partial charge in [0.25, 0.3) is 0 Å². The molecule has 11 nitrogen and oxygen atoms in total. The zero-order valence-electron chi connectivity index (χ0n) is 28.1. The molecule has 0 bridgehead atoms. The quantitative estimate of drug-likeness (QED) is 0.111. The van der Waals surface area contributed by atoms with E-state index in [1.807, 2.05) is 60.7 Å². The van der Waals surface area contributed by atoms with Gasteiger partial charge in [0.05, 0.1) is 0 Å². The molecule has 0 aliphatic heterocycles. The highest BCUT2D eigenvalue weighted by atomic mass is 16.6. The first-order chi connectivity index (χ1) is 21.7. The molecule has 0 aromatic heterocycles. The van der Waals surface area contributed by atoms with Gasteiger partial charge in [0.2, 0.25) is 0 Å².